The topological polar surface area (TPSA) is 90.0 Å². The van der Waals surface area contributed by atoms with E-state index in [-0.39, 0.29) is 18.5 Å². The van der Waals surface area contributed by atoms with Crippen molar-refractivity contribution >= 4 is 27.7 Å². The Kier molecular flexibility index (Phi) is 10.1. The molecule has 0 saturated heterocycles. The molecule has 0 heterocycles. The van der Waals surface area contributed by atoms with Crippen LogP contribution in [-0.4, -0.2) is 68.7 Å². The van der Waals surface area contributed by atoms with Crippen molar-refractivity contribution in [1.82, 2.24) is 14.5 Å². The largest absolute Gasteiger partial charge is 0.352 e. The van der Waals surface area contributed by atoms with Gasteiger partial charge in [-0.05, 0) is 44.4 Å². The van der Waals surface area contributed by atoms with Gasteiger partial charge in [0.25, 0.3) is 0 Å². The summed E-state index contributed by atoms with van der Waals surface area (Å²) >= 11 is 0. The molecule has 186 valence electrons. The Balaban J connectivity index is 2.34. The fourth-order valence-electron chi connectivity index (χ4n) is 3.35. The maximum Gasteiger partial charge on any atom is 0.304 e. The van der Waals surface area contributed by atoms with E-state index in [4.69, 9.17) is 0 Å². The normalized spacial score (nSPS) is 13.2. The van der Waals surface area contributed by atoms with Crippen LogP contribution in [0.25, 0.3) is 0 Å². The molecule has 0 bridgehead atoms. The Hall–Kier alpha value is -2.91. The lowest BCUT2D eigenvalue weighted by atomic mass is 10.1. The minimum atomic E-state index is -3.94. The average molecular weight is 489 g/mol. The van der Waals surface area contributed by atoms with Gasteiger partial charge in [-0.25, -0.2) is 4.31 Å². The second kappa shape index (κ2) is 12.5. The monoisotopic (exact) mass is 488 g/mol. The lowest BCUT2D eigenvalue weighted by Crippen LogP contribution is -2.54. The zero-order valence-electron chi connectivity index (χ0n) is 20.6. The van der Waals surface area contributed by atoms with Gasteiger partial charge in [0.15, 0.2) is 0 Å². The molecule has 0 radical (unpaired) electrons. The third-order valence-corrected chi connectivity index (χ3v) is 7.54. The highest BCUT2D eigenvalue weighted by atomic mass is 32.2. The molecule has 0 aliphatic heterocycles. The number of hydrogen-bond donors (Lipinski definition) is 1. The number of carbonyl (C=O) groups is 2. The molecule has 2 aromatic rings. The molecule has 0 spiro atoms. The Labute approximate surface area is 203 Å². The van der Waals surface area contributed by atoms with E-state index in [9.17, 15) is 18.0 Å². The quantitative estimate of drug-likeness (QED) is 0.497. The average Bonchev–Trinajstić information content (AvgIpc) is 2.83. The molecule has 2 atom stereocenters. The van der Waals surface area contributed by atoms with Crippen LogP contribution in [0.4, 0.5) is 5.69 Å². The van der Waals surface area contributed by atoms with Gasteiger partial charge < -0.3 is 10.2 Å². The van der Waals surface area contributed by atoms with Gasteiger partial charge in [0, 0.05) is 26.7 Å². The zero-order valence-corrected chi connectivity index (χ0v) is 21.5. The standard InChI is InChI=1S/C25H36N4O4S/c1-6-20(2)26-25(31)21(3)28(18-17-22-13-9-7-10-14-22)24(30)19-29(34(32,33)27(4)5)23-15-11-8-12-16-23/h7-16,20-21H,6,17-19H2,1-5H3,(H,26,31)/t20-,21-/m1/s1. The van der Waals surface area contributed by atoms with Crippen LogP contribution in [-0.2, 0) is 26.2 Å². The third-order valence-electron chi connectivity index (χ3n) is 5.72. The molecule has 0 aliphatic rings. The van der Waals surface area contributed by atoms with Crippen molar-refractivity contribution in [1.29, 1.82) is 0 Å². The molecule has 0 aromatic heterocycles. The number of nitrogens with one attached hydrogen (secondary N) is 1. The highest BCUT2D eigenvalue weighted by Gasteiger charge is 2.32. The van der Waals surface area contributed by atoms with Crippen LogP contribution >= 0.6 is 0 Å². The SMILES string of the molecule is CC[C@@H](C)NC(=O)[C@@H](C)N(CCc1ccccc1)C(=O)CN(c1ccccc1)S(=O)(=O)N(C)C. The summed E-state index contributed by atoms with van der Waals surface area (Å²) < 4.78 is 28.3. The van der Waals surface area contributed by atoms with E-state index in [1.165, 1.54) is 19.0 Å². The molecular formula is C25H36N4O4S. The van der Waals surface area contributed by atoms with Crippen LogP contribution in [0.15, 0.2) is 60.7 Å². The number of amides is 2. The Morgan fingerprint density at radius 1 is 0.941 bits per heavy atom. The molecule has 1 N–H and O–H groups in total. The second-order valence-corrected chi connectivity index (χ2v) is 10.5. The first kappa shape index (κ1) is 27.3. The summed E-state index contributed by atoms with van der Waals surface area (Å²) in [5, 5.41) is 2.92. The smallest absolute Gasteiger partial charge is 0.304 e. The molecule has 2 amide bonds. The van der Waals surface area contributed by atoms with Crippen molar-refractivity contribution in [2.24, 2.45) is 0 Å². The fraction of sp³-hybridized carbons (Fsp3) is 0.440. The number of nitrogens with zero attached hydrogens (tertiary/aromatic N) is 3. The first-order chi connectivity index (χ1) is 16.1. The highest BCUT2D eigenvalue weighted by Crippen LogP contribution is 2.20. The van der Waals surface area contributed by atoms with E-state index < -0.39 is 28.7 Å². The second-order valence-electron chi connectivity index (χ2n) is 8.45. The van der Waals surface area contributed by atoms with Crippen LogP contribution in [0.3, 0.4) is 0 Å². The van der Waals surface area contributed by atoms with E-state index in [1.54, 1.807) is 37.3 Å². The molecule has 0 unspecified atom stereocenters. The van der Waals surface area contributed by atoms with Crippen molar-refractivity contribution in [2.45, 2.75) is 45.7 Å². The van der Waals surface area contributed by atoms with Crippen molar-refractivity contribution in [3.05, 3.63) is 66.2 Å². The van der Waals surface area contributed by atoms with Gasteiger partial charge >= 0.3 is 10.2 Å². The maximum atomic E-state index is 13.5. The number of hydrogen-bond acceptors (Lipinski definition) is 4. The predicted molar refractivity (Wildman–Crippen MR) is 136 cm³/mol. The fourth-order valence-corrected chi connectivity index (χ4v) is 4.40. The molecule has 34 heavy (non-hydrogen) atoms. The van der Waals surface area contributed by atoms with Crippen LogP contribution in [0.5, 0.6) is 0 Å². The van der Waals surface area contributed by atoms with Crippen molar-refractivity contribution in [2.75, 3.05) is 31.5 Å². The van der Waals surface area contributed by atoms with Gasteiger partial charge in [-0.3, -0.25) is 9.59 Å². The first-order valence-corrected chi connectivity index (χ1v) is 12.9. The summed E-state index contributed by atoms with van der Waals surface area (Å²) in [6, 6.07) is 17.4. The molecule has 0 fully saturated rings. The molecular weight excluding hydrogens is 452 g/mol. The van der Waals surface area contributed by atoms with E-state index >= 15 is 0 Å². The van der Waals surface area contributed by atoms with Crippen LogP contribution < -0.4 is 9.62 Å². The number of para-hydroxylation sites is 1. The van der Waals surface area contributed by atoms with Gasteiger partial charge in [0.05, 0.1) is 5.69 Å². The van der Waals surface area contributed by atoms with E-state index in [1.807, 2.05) is 44.2 Å². The molecule has 0 saturated carbocycles. The summed E-state index contributed by atoms with van der Waals surface area (Å²) in [6.45, 7) is 5.41. The number of benzene rings is 2. The first-order valence-electron chi connectivity index (χ1n) is 11.5. The maximum absolute atomic E-state index is 13.5. The lowest BCUT2D eigenvalue weighted by Gasteiger charge is -2.33. The van der Waals surface area contributed by atoms with Crippen LogP contribution in [0.1, 0.15) is 32.8 Å². The molecule has 9 heteroatoms. The van der Waals surface area contributed by atoms with Crippen molar-refractivity contribution < 1.29 is 18.0 Å². The van der Waals surface area contributed by atoms with Crippen LogP contribution in [0.2, 0.25) is 0 Å². The van der Waals surface area contributed by atoms with Gasteiger partial charge in [0.2, 0.25) is 11.8 Å². The predicted octanol–water partition coefficient (Wildman–Crippen LogP) is 2.67. The van der Waals surface area contributed by atoms with Gasteiger partial charge in [-0.1, -0.05) is 55.5 Å². The summed E-state index contributed by atoms with van der Waals surface area (Å²) in [4.78, 5) is 27.9. The zero-order chi connectivity index (χ0) is 25.3. The Bertz CT molecular complexity index is 1030. The Morgan fingerprint density at radius 2 is 1.50 bits per heavy atom. The van der Waals surface area contributed by atoms with Gasteiger partial charge in [-0.15, -0.1) is 0 Å². The molecule has 2 rings (SSSR count). The van der Waals surface area contributed by atoms with E-state index in [2.05, 4.69) is 5.32 Å². The lowest BCUT2D eigenvalue weighted by molar-refractivity contribution is -0.139. The van der Waals surface area contributed by atoms with Crippen molar-refractivity contribution in [3.8, 4) is 0 Å². The third kappa shape index (κ3) is 7.30. The number of anilines is 1. The summed E-state index contributed by atoms with van der Waals surface area (Å²) in [5.41, 5.74) is 1.40. The minimum absolute atomic E-state index is 0.0315. The highest BCUT2D eigenvalue weighted by molar-refractivity contribution is 7.90. The minimum Gasteiger partial charge on any atom is -0.352 e. The van der Waals surface area contributed by atoms with E-state index in [0.717, 1.165) is 20.6 Å². The van der Waals surface area contributed by atoms with Gasteiger partial charge in [-0.2, -0.15) is 12.7 Å². The molecule has 2 aromatic carbocycles. The Morgan fingerprint density at radius 3 is 2.03 bits per heavy atom. The van der Waals surface area contributed by atoms with E-state index in [0.29, 0.717) is 12.1 Å². The summed E-state index contributed by atoms with van der Waals surface area (Å²) in [6.07, 6.45) is 1.30. The van der Waals surface area contributed by atoms with Gasteiger partial charge in [0.1, 0.15) is 12.6 Å². The number of carbonyl (C=O) groups excluding carboxylic acids is 2. The van der Waals surface area contributed by atoms with Crippen molar-refractivity contribution in [3.63, 3.8) is 0 Å². The summed E-state index contributed by atoms with van der Waals surface area (Å²) in [7, 11) is -1.09. The molecule has 8 nitrogen and oxygen atoms in total. The number of rotatable bonds is 12. The van der Waals surface area contributed by atoms with Crippen LogP contribution in [0, 0.1) is 0 Å². The molecule has 0 aliphatic carbocycles. The summed E-state index contributed by atoms with van der Waals surface area (Å²) in [5.74, 6) is -0.713.